The van der Waals surface area contributed by atoms with E-state index in [4.69, 9.17) is 18.9 Å². The van der Waals surface area contributed by atoms with Crippen LogP contribution in [0.25, 0.3) is 0 Å². The maximum absolute atomic E-state index is 6.93. The summed E-state index contributed by atoms with van der Waals surface area (Å²) in [6.45, 7) is 11.3. The van der Waals surface area contributed by atoms with E-state index in [9.17, 15) is 0 Å². The maximum atomic E-state index is 6.93. The molecule has 0 aromatic carbocycles. The van der Waals surface area contributed by atoms with E-state index in [0.29, 0.717) is 12.5 Å². The van der Waals surface area contributed by atoms with Gasteiger partial charge in [-0.3, -0.25) is 0 Å². The molecule has 0 amide bonds. The molecule has 3 aliphatic heterocycles. The Labute approximate surface area is 172 Å². The van der Waals surface area contributed by atoms with Gasteiger partial charge in [-0.15, -0.1) is 11.8 Å². The van der Waals surface area contributed by atoms with Crippen molar-refractivity contribution in [2.75, 3.05) is 6.61 Å². The molecule has 0 unspecified atom stereocenters. The molecule has 3 heterocycles. The molecule has 5 atom stereocenters. The first-order valence-corrected chi connectivity index (χ1v) is 11.6. The molecule has 4 nitrogen and oxygen atoms in total. The molecule has 0 bridgehead atoms. The summed E-state index contributed by atoms with van der Waals surface area (Å²) in [6, 6.07) is 0. The highest BCUT2D eigenvalue weighted by atomic mass is 16.8. The largest absolute Gasteiger partial charge is 0.347 e. The smallest absolute Gasteiger partial charge is 0.169 e. The topological polar surface area (TPSA) is 36.9 Å². The van der Waals surface area contributed by atoms with E-state index in [2.05, 4.69) is 39.5 Å². The Morgan fingerprint density at radius 2 is 1.82 bits per heavy atom. The summed E-state index contributed by atoms with van der Waals surface area (Å²) < 4.78 is 26.3. The summed E-state index contributed by atoms with van der Waals surface area (Å²) in [5.41, 5.74) is -0.288. The van der Waals surface area contributed by atoms with Crippen molar-refractivity contribution in [3.05, 3.63) is 0 Å². The fourth-order valence-electron chi connectivity index (χ4n) is 5.14. The van der Waals surface area contributed by atoms with Crippen molar-refractivity contribution >= 4 is 0 Å². The molecule has 0 aromatic heterocycles. The summed E-state index contributed by atoms with van der Waals surface area (Å²) in [7, 11) is 0. The first-order chi connectivity index (χ1) is 13.5. The van der Waals surface area contributed by atoms with E-state index in [1.54, 1.807) is 0 Å². The number of unbranched alkanes of at least 4 members (excludes halogenated alkanes) is 1. The van der Waals surface area contributed by atoms with Crippen LogP contribution in [0.15, 0.2) is 0 Å². The second-order valence-electron chi connectivity index (χ2n) is 9.02. The Morgan fingerprint density at radius 3 is 2.46 bits per heavy atom. The van der Waals surface area contributed by atoms with E-state index >= 15 is 0 Å². The van der Waals surface area contributed by atoms with Gasteiger partial charge in [-0.1, -0.05) is 40.5 Å². The predicted molar refractivity (Wildman–Crippen MR) is 111 cm³/mol. The SMILES string of the molecule is CC#CC[C@H]1O[C@]2(CC[C@@H]1C)CC[C@](CCCC)([C@@H]1COC(CC)(CC)O1)O2. The lowest BCUT2D eigenvalue weighted by molar-refractivity contribution is -0.313. The summed E-state index contributed by atoms with van der Waals surface area (Å²) >= 11 is 0. The molecule has 0 N–H and O–H groups in total. The van der Waals surface area contributed by atoms with Crippen molar-refractivity contribution in [1.29, 1.82) is 0 Å². The summed E-state index contributed by atoms with van der Waals surface area (Å²) in [6.07, 6.45) is 10.1. The van der Waals surface area contributed by atoms with Gasteiger partial charge in [-0.2, -0.15) is 0 Å². The Bertz CT molecular complexity index is 575. The van der Waals surface area contributed by atoms with Gasteiger partial charge in [0.15, 0.2) is 11.6 Å². The third kappa shape index (κ3) is 4.29. The zero-order chi connectivity index (χ0) is 20.3. The minimum atomic E-state index is -0.465. The summed E-state index contributed by atoms with van der Waals surface area (Å²) in [4.78, 5) is 0. The van der Waals surface area contributed by atoms with Crippen LogP contribution in [-0.4, -0.2) is 36.0 Å². The summed E-state index contributed by atoms with van der Waals surface area (Å²) in [5.74, 6) is 5.86. The maximum Gasteiger partial charge on any atom is 0.169 e. The second kappa shape index (κ2) is 9.04. The molecule has 0 radical (unpaired) electrons. The first-order valence-electron chi connectivity index (χ1n) is 11.6. The van der Waals surface area contributed by atoms with Crippen molar-refractivity contribution in [1.82, 2.24) is 0 Å². The predicted octanol–water partition coefficient (Wildman–Crippen LogP) is 5.58. The Balaban J connectivity index is 1.77. The third-order valence-electron chi connectivity index (χ3n) is 7.25. The highest BCUT2D eigenvalue weighted by Crippen LogP contribution is 2.52. The van der Waals surface area contributed by atoms with Crippen LogP contribution in [0.4, 0.5) is 0 Å². The lowest BCUT2D eigenvalue weighted by Gasteiger charge is -2.44. The second-order valence-corrected chi connectivity index (χ2v) is 9.02. The molecule has 28 heavy (non-hydrogen) atoms. The van der Waals surface area contributed by atoms with Gasteiger partial charge in [0.25, 0.3) is 0 Å². The molecule has 0 aliphatic carbocycles. The van der Waals surface area contributed by atoms with Crippen LogP contribution in [0.3, 0.4) is 0 Å². The Morgan fingerprint density at radius 1 is 1.04 bits per heavy atom. The van der Waals surface area contributed by atoms with Crippen molar-refractivity contribution < 1.29 is 18.9 Å². The number of hydrogen-bond donors (Lipinski definition) is 0. The Kier molecular flexibility index (Phi) is 7.14. The summed E-state index contributed by atoms with van der Waals surface area (Å²) in [5, 5.41) is 0. The highest BCUT2D eigenvalue weighted by molar-refractivity contribution is 5.04. The van der Waals surface area contributed by atoms with E-state index < -0.39 is 11.6 Å². The van der Waals surface area contributed by atoms with Gasteiger partial charge in [0.05, 0.1) is 12.7 Å². The van der Waals surface area contributed by atoms with Gasteiger partial charge in [-0.25, -0.2) is 0 Å². The first kappa shape index (κ1) is 22.1. The minimum Gasteiger partial charge on any atom is -0.347 e. The molecule has 3 aliphatic rings. The van der Waals surface area contributed by atoms with Crippen molar-refractivity contribution in [3.63, 3.8) is 0 Å². The van der Waals surface area contributed by atoms with E-state index in [1.807, 2.05) is 6.92 Å². The molecule has 0 saturated carbocycles. The standard InChI is InChI=1S/C24H40O4/c1-6-10-12-20-19(5)13-15-24(26-20)17-16-22(28-24,14-11-7-2)21-18-25-23(8-3,9-4)27-21/h19-21H,7-9,11-18H2,1-5H3/t19-,20+,21-,22+,24-/m0/s1. The molecular weight excluding hydrogens is 352 g/mol. The monoisotopic (exact) mass is 392 g/mol. The van der Waals surface area contributed by atoms with Gasteiger partial charge < -0.3 is 18.9 Å². The molecule has 0 aromatic rings. The van der Waals surface area contributed by atoms with Gasteiger partial charge in [0.1, 0.15) is 11.7 Å². The zero-order valence-electron chi connectivity index (χ0n) is 18.6. The molecule has 3 rings (SSSR count). The number of rotatable bonds is 7. The van der Waals surface area contributed by atoms with Crippen LogP contribution < -0.4 is 0 Å². The van der Waals surface area contributed by atoms with Crippen LogP contribution in [0.5, 0.6) is 0 Å². The molecule has 3 saturated heterocycles. The quantitative estimate of drug-likeness (QED) is 0.530. The van der Waals surface area contributed by atoms with Crippen LogP contribution >= 0.6 is 0 Å². The van der Waals surface area contributed by atoms with Gasteiger partial charge >= 0.3 is 0 Å². The van der Waals surface area contributed by atoms with Crippen molar-refractivity contribution in [2.45, 2.75) is 128 Å². The minimum absolute atomic E-state index is 0.00448. The van der Waals surface area contributed by atoms with E-state index in [0.717, 1.165) is 64.2 Å². The van der Waals surface area contributed by atoms with E-state index in [1.165, 1.54) is 0 Å². The number of hydrogen-bond acceptors (Lipinski definition) is 4. The van der Waals surface area contributed by atoms with Gasteiger partial charge in [0, 0.05) is 19.3 Å². The normalized spacial score (nSPS) is 39.8. The van der Waals surface area contributed by atoms with Crippen LogP contribution in [-0.2, 0) is 18.9 Å². The average Bonchev–Trinajstić information content (AvgIpc) is 3.31. The molecule has 3 fully saturated rings. The van der Waals surface area contributed by atoms with Crippen molar-refractivity contribution in [2.24, 2.45) is 5.92 Å². The highest BCUT2D eigenvalue weighted by Gasteiger charge is 2.59. The lowest BCUT2D eigenvalue weighted by atomic mass is 9.86. The van der Waals surface area contributed by atoms with Gasteiger partial charge in [-0.05, 0) is 44.9 Å². The lowest BCUT2D eigenvalue weighted by Crippen LogP contribution is -2.50. The Hall–Kier alpha value is -0.600. The van der Waals surface area contributed by atoms with Crippen LogP contribution in [0.1, 0.15) is 98.8 Å². The van der Waals surface area contributed by atoms with Gasteiger partial charge in [0.2, 0.25) is 0 Å². The average molecular weight is 393 g/mol. The zero-order valence-corrected chi connectivity index (χ0v) is 18.6. The van der Waals surface area contributed by atoms with Crippen LogP contribution in [0.2, 0.25) is 0 Å². The number of ether oxygens (including phenoxy) is 4. The molecule has 1 spiro atoms. The molecule has 160 valence electrons. The van der Waals surface area contributed by atoms with Crippen LogP contribution in [0, 0.1) is 17.8 Å². The fraction of sp³-hybridized carbons (Fsp3) is 0.917. The van der Waals surface area contributed by atoms with E-state index in [-0.39, 0.29) is 17.8 Å². The molecular formula is C24H40O4. The third-order valence-corrected chi connectivity index (χ3v) is 7.25. The molecule has 4 heteroatoms. The fourth-order valence-corrected chi connectivity index (χ4v) is 5.14. The van der Waals surface area contributed by atoms with Crippen molar-refractivity contribution in [3.8, 4) is 11.8 Å².